The fraction of sp³-hybridized carbons (Fsp3) is 0.176. The second-order valence-electron chi connectivity index (χ2n) is 5.01. The molecule has 1 nitrogen and oxygen atoms in total. The van der Waals surface area contributed by atoms with E-state index in [1.807, 2.05) is 6.07 Å². The van der Waals surface area contributed by atoms with Crippen molar-refractivity contribution in [1.82, 2.24) is 0 Å². The highest BCUT2D eigenvalue weighted by molar-refractivity contribution is 7.16. The highest BCUT2D eigenvalue weighted by atomic mass is 35.5. The third-order valence-corrected chi connectivity index (χ3v) is 4.71. The molecule has 0 fully saturated rings. The third kappa shape index (κ3) is 3.04. The van der Waals surface area contributed by atoms with Crippen molar-refractivity contribution in [3.63, 3.8) is 0 Å². The van der Waals surface area contributed by atoms with Gasteiger partial charge in [0.15, 0.2) is 0 Å². The van der Waals surface area contributed by atoms with Crippen LogP contribution >= 0.6 is 22.9 Å². The van der Waals surface area contributed by atoms with Gasteiger partial charge in [0.2, 0.25) is 0 Å². The molecule has 2 aromatic carbocycles. The summed E-state index contributed by atoms with van der Waals surface area (Å²) >= 11 is 7.58. The quantitative estimate of drug-likeness (QED) is 0.745. The Kier molecular flexibility index (Phi) is 4.06. The summed E-state index contributed by atoms with van der Waals surface area (Å²) in [6.07, 6.45) is 1.76. The smallest absolute Gasteiger partial charge is 0.0931 e. The van der Waals surface area contributed by atoms with E-state index in [4.69, 9.17) is 17.3 Å². The number of thiophene rings is 1. The van der Waals surface area contributed by atoms with Crippen LogP contribution < -0.4 is 5.73 Å². The van der Waals surface area contributed by atoms with Crippen molar-refractivity contribution in [2.45, 2.75) is 18.9 Å². The molecule has 1 heterocycles. The summed E-state index contributed by atoms with van der Waals surface area (Å²) in [5.74, 6) is 0. The molecular formula is C17H16ClNS. The molecule has 0 amide bonds. The molecule has 1 atom stereocenters. The van der Waals surface area contributed by atoms with Crippen molar-refractivity contribution in [3.05, 3.63) is 69.4 Å². The van der Waals surface area contributed by atoms with Gasteiger partial charge >= 0.3 is 0 Å². The lowest BCUT2D eigenvalue weighted by molar-refractivity contribution is 0.673. The summed E-state index contributed by atoms with van der Waals surface area (Å²) in [5, 5.41) is 2.58. The number of hydrogen-bond acceptors (Lipinski definition) is 2. The summed E-state index contributed by atoms with van der Waals surface area (Å²) in [4.78, 5) is 1.25. The van der Waals surface area contributed by atoms with Gasteiger partial charge in [-0.3, -0.25) is 0 Å². The van der Waals surface area contributed by atoms with E-state index < -0.39 is 0 Å². The van der Waals surface area contributed by atoms with Crippen LogP contribution in [-0.4, -0.2) is 6.04 Å². The van der Waals surface area contributed by atoms with Gasteiger partial charge < -0.3 is 5.73 Å². The van der Waals surface area contributed by atoms with E-state index in [1.54, 1.807) is 11.3 Å². The molecule has 3 rings (SSSR count). The molecule has 0 spiro atoms. The topological polar surface area (TPSA) is 26.0 Å². The van der Waals surface area contributed by atoms with Crippen molar-refractivity contribution < 1.29 is 0 Å². The number of hydrogen-bond donors (Lipinski definition) is 1. The van der Waals surface area contributed by atoms with Crippen LogP contribution in [0.25, 0.3) is 10.8 Å². The van der Waals surface area contributed by atoms with Crippen molar-refractivity contribution in [2.24, 2.45) is 5.73 Å². The number of fused-ring (bicyclic) bond motifs is 1. The first kappa shape index (κ1) is 13.6. The molecule has 0 saturated carbocycles. The van der Waals surface area contributed by atoms with Gasteiger partial charge in [-0.05, 0) is 41.3 Å². The molecule has 2 N–H and O–H groups in total. The number of benzene rings is 2. The Hall–Kier alpha value is -1.35. The molecule has 0 radical (unpaired) electrons. The number of halogens is 1. The molecule has 20 heavy (non-hydrogen) atoms. The average Bonchev–Trinajstić information content (AvgIpc) is 2.84. The molecule has 1 unspecified atom stereocenters. The van der Waals surface area contributed by atoms with E-state index >= 15 is 0 Å². The minimum absolute atomic E-state index is 0.121. The van der Waals surface area contributed by atoms with Crippen LogP contribution in [0.3, 0.4) is 0 Å². The van der Waals surface area contributed by atoms with Crippen molar-refractivity contribution >= 4 is 33.7 Å². The molecule has 0 bridgehead atoms. The summed E-state index contributed by atoms with van der Waals surface area (Å²) < 4.78 is 0.831. The normalized spacial score (nSPS) is 12.7. The maximum Gasteiger partial charge on any atom is 0.0931 e. The largest absolute Gasteiger partial charge is 0.327 e. The molecule has 102 valence electrons. The predicted octanol–water partition coefficient (Wildman–Crippen LogP) is 4.67. The highest BCUT2D eigenvalue weighted by Gasteiger charge is 2.09. The van der Waals surface area contributed by atoms with Crippen molar-refractivity contribution in [2.75, 3.05) is 0 Å². The second kappa shape index (κ2) is 5.96. The zero-order chi connectivity index (χ0) is 13.9. The summed E-state index contributed by atoms with van der Waals surface area (Å²) in [6.45, 7) is 0. The summed E-state index contributed by atoms with van der Waals surface area (Å²) in [5.41, 5.74) is 7.62. The third-order valence-electron chi connectivity index (χ3n) is 3.45. The molecule has 0 aliphatic carbocycles. The minimum Gasteiger partial charge on any atom is -0.327 e. The van der Waals surface area contributed by atoms with Crippen LogP contribution in [0.15, 0.2) is 54.6 Å². The van der Waals surface area contributed by atoms with Crippen molar-refractivity contribution in [3.8, 4) is 0 Å². The van der Waals surface area contributed by atoms with Crippen LogP contribution in [0.5, 0.6) is 0 Å². The Morgan fingerprint density at radius 3 is 2.55 bits per heavy atom. The molecule has 1 aromatic heterocycles. The van der Waals surface area contributed by atoms with Gasteiger partial charge in [-0.15, -0.1) is 11.3 Å². The second-order valence-corrected chi connectivity index (χ2v) is 6.81. The first-order valence-electron chi connectivity index (χ1n) is 6.69. The lowest BCUT2D eigenvalue weighted by Gasteiger charge is -2.12. The molecule has 0 aliphatic heterocycles. The molecule has 0 aliphatic rings. The van der Waals surface area contributed by atoms with E-state index in [0.717, 1.165) is 17.2 Å². The standard InChI is InChI=1S/C17H16ClNS/c18-17-9-8-15(20-17)11-14(19)10-13-6-3-5-12-4-1-2-7-16(12)13/h1-9,14H,10-11,19H2. The van der Waals surface area contributed by atoms with E-state index in [2.05, 4.69) is 48.5 Å². The first-order chi connectivity index (χ1) is 9.72. The van der Waals surface area contributed by atoms with Crippen LogP contribution in [0.4, 0.5) is 0 Å². The van der Waals surface area contributed by atoms with Gasteiger partial charge in [0, 0.05) is 10.9 Å². The molecule has 3 aromatic rings. The Balaban J connectivity index is 1.79. The van der Waals surface area contributed by atoms with Crippen LogP contribution in [0.2, 0.25) is 4.34 Å². The Morgan fingerprint density at radius 1 is 0.950 bits per heavy atom. The zero-order valence-corrected chi connectivity index (χ0v) is 12.6. The van der Waals surface area contributed by atoms with E-state index in [9.17, 15) is 0 Å². The van der Waals surface area contributed by atoms with Gasteiger partial charge in [-0.25, -0.2) is 0 Å². The maximum atomic E-state index is 6.30. The first-order valence-corrected chi connectivity index (χ1v) is 7.88. The number of rotatable bonds is 4. The SMILES string of the molecule is NC(Cc1ccc(Cl)s1)Cc1cccc2ccccc12. The Morgan fingerprint density at radius 2 is 1.75 bits per heavy atom. The van der Waals surface area contributed by atoms with Crippen LogP contribution in [0, 0.1) is 0 Å². The van der Waals surface area contributed by atoms with Gasteiger partial charge in [-0.1, -0.05) is 54.1 Å². The fourth-order valence-electron chi connectivity index (χ4n) is 2.54. The zero-order valence-electron chi connectivity index (χ0n) is 11.1. The lowest BCUT2D eigenvalue weighted by atomic mass is 9.97. The van der Waals surface area contributed by atoms with E-state index in [1.165, 1.54) is 21.2 Å². The highest BCUT2D eigenvalue weighted by Crippen LogP contribution is 2.24. The Bertz CT molecular complexity index is 714. The van der Waals surface area contributed by atoms with Gasteiger partial charge in [-0.2, -0.15) is 0 Å². The molecule has 0 saturated heterocycles. The van der Waals surface area contributed by atoms with Crippen molar-refractivity contribution in [1.29, 1.82) is 0 Å². The van der Waals surface area contributed by atoms with Gasteiger partial charge in [0.1, 0.15) is 0 Å². The van der Waals surface area contributed by atoms with E-state index in [0.29, 0.717) is 0 Å². The summed E-state index contributed by atoms with van der Waals surface area (Å²) in [7, 11) is 0. The van der Waals surface area contributed by atoms with E-state index in [-0.39, 0.29) is 6.04 Å². The fourth-order valence-corrected chi connectivity index (χ4v) is 3.73. The van der Waals surface area contributed by atoms with Gasteiger partial charge in [0.25, 0.3) is 0 Å². The minimum atomic E-state index is 0.121. The average molecular weight is 302 g/mol. The monoisotopic (exact) mass is 301 g/mol. The summed E-state index contributed by atoms with van der Waals surface area (Å²) in [6, 6.07) is 19.0. The number of nitrogens with two attached hydrogens (primary N) is 1. The Labute approximate surface area is 128 Å². The molecule has 3 heteroatoms. The van der Waals surface area contributed by atoms with Crippen LogP contribution in [-0.2, 0) is 12.8 Å². The molecular weight excluding hydrogens is 286 g/mol. The van der Waals surface area contributed by atoms with Crippen LogP contribution in [0.1, 0.15) is 10.4 Å². The van der Waals surface area contributed by atoms with Gasteiger partial charge in [0.05, 0.1) is 4.34 Å². The predicted molar refractivity (Wildman–Crippen MR) is 88.7 cm³/mol. The lowest BCUT2D eigenvalue weighted by Crippen LogP contribution is -2.25. The maximum absolute atomic E-state index is 6.30.